The number of hydrogen-bond donors (Lipinski definition) is 0. The lowest BCUT2D eigenvalue weighted by Crippen LogP contribution is -2.51. The second kappa shape index (κ2) is 5.73. The maximum atomic E-state index is 12.1. The van der Waals surface area contributed by atoms with Crippen LogP contribution in [0.25, 0.3) is 0 Å². The molecule has 1 aliphatic rings. The minimum absolute atomic E-state index is 0.0317. The van der Waals surface area contributed by atoms with Gasteiger partial charge in [-0.1, -0.05) is 0 Å². The molecule has 1 amide bonds. The number of nitrogens with zero attached hydrogens (tertiary/aromatic N) is 3. The van der Waals surface area contributed by atoms with Crippen LogP contribution in [0.1, 0.15) is 22.1 Å². The number of carbonyl (C=O) groups excluding carboxylic acids is 1. The van der Waals surface area contributed by atoms with Crippen molar-refractivity contribution in [1.29, 1.82) is 0 Å². The number of likely N-dealkylation sites (tertiary alicyclic amines) is 1. The summed E-state index contributed by atoms with van der Waals surface area (Å²) in [6.07, 6.45) is 3.38. The van der Waals surface area contributed by atoms with E-state index in [0.717, 1.165) is 31.2 Å². The zero-order valence-electron chi connectivity index (χ0n) is 12.3. The molecular formula is C15H19N3O3. The molecule has 0 aliphatic carbocycles. The van der Waals surface area contributed by atoms with E-state index in [9.17, 15) is 4.79 Å². The molecule has 0 atom stereocenters. The van der Waals surface area contributed by atoms with Crippen LogP contribution in [0.2, 0.25) is 0 Å². The predicted molar refractivity (Wildman–Crippen MR) is 75.8 cm³/mol. The van der Waals surface area contributed by atoms with E-state index in [1.165, 1.54) is 6.26 Å². The molecule has 2 aromatic rings. The van der Waals surface area contributed by atoms with Gasteiger partial charge in [-0.15, -0.1) is 0 Å². The van der Waals surface area contributed by atoms with Gasteiger partial charge >= 0.3 is 0 Å². The van der Waals surface area contributed by atoms with Crippen molar-refractivity contribution in [3.05, 3.63) is 41.9 Å². The van der Waals surface area contributed by atoms with Gasteiger partial charge in [0.05, 0.1) is 6.26 Å². The van der Waals surface area contributed by atoms with E-state index in [0.29, 0.717) is 18.3 Å². The van der Waals surface area contributed by atoms with Crippen LogP contribution in [0.3, 0.4) is 0 Å². The summed E-state index contributed by atoms with van der Waals surface area (Å²) < 4.78 is 12.5. The maximum Gasteiger partial charge on any atom is 0.289 e. The molecular weight excluding hydrogens is 270 g/mol. The van der Waals surface area contributed by atoms with Crippen LogP contribution in [-0.4, -0.2) is 40.6 Å². The van der Waals surface area contributed by atoms with Crippen LogP contribution in [0.15, 0.2) is 29.0 Å². The second-order valence-corrected chi connectivity index (χ2v) is 5.41. The van der Waals surface area contributed by atoms with Gasteiger partial charge in [0.2, 0.25) is 0 Å². The summed E-state index contributed by atoms with van der Waals surface area (Å²) >= 11 is 0. The fourth-order valence-electron chi connectivity index (χ4n) is 2.67. The lowest BCUT2D eigenvalue weighted by molar-refractivity contribution is 0.0431. The number of hydrogen-bond acceptors (Lipinski definition) is 4. The van der Waals surface area contributed by atoms with Crippen molar-refractivity contribution in [1.82, 2.24) is 14.5 Å². The zero-order chi connectivity index (χ0) is 14.8. The highest BCUT2D eigenvalue weighted by Gasteiger charge is 2.33. The van der Waals surface area contributed by atoms with Crippen LogP contribution in [0.4, 0.5) is 0 Å². The molecule has 3 heterocycles. The summed E-state index contributed by atoms with van der Waals surface area (Å²) in [6.45, 7) is 4.92. The molecule has 0 saturated carbocycles. The Labute approximate surface area is 123 Å². The average Bonchev–Trinajstić information content (AvgIpc) is 3.05. The SMILES string of the molecule is COCc1ncc(C)n1CC1CN(C(=O)c2ccco2)C1. The zero-order valence-corrected chi connectivity index (χ0v) is 12.3. The van der Waals surface area contributed by atoms with Gasteiger partial charge in [-0.2, -0.15) is 0 Å². The van der Waals surface area contributed by atoms with Gasteiger partial charge in [0.1, 0.15) is 12.4 Å². The largest absolute Gasteiger partial charge is 0.459 e. The lowest BCUT2D eigenvalue weighted by Gasteiger charge is -2.39. The molecule has 3 rings (SSSR count). The molecule has 0 radical (unpaired) electrons. The molecule has 6 heteroatoms. The number of rotatable bonds is 5. The topological polar surface area (TPSA) is 60.5 Å². The number of carbonyl (C=O) groups is 1. The number of aromatic nitrogens is 2. The Bertz CT molecular complexity index is 612. The molecule has 21 heavy (non-hydrogen) atoms. The number of furan rings is 1. The van der Waals surface area contributed by atoms with Gasteiger partial charge in [-0.3, -0.25) is 4.79 Å². The standard InChI is InChI=1S/C15H19N3O3/c1-11-6-16-14(10-20-2)18(11)9-12-7-17(8-12)15(19)13-4-3-5-21-13/h3-6,12H,7-10H2,1-2H3. The van der Waals surface area contributed by atoms with Gasteiger partial charge in [0.15, 0.2) is 5.76 Å². The summed E-state index contributed by atoms with van der Waals surface area (Å²) in [6, 6.07) is 3.43. The summed E-state index contributed by atoms with van der Waals surface area (Å²) in [5.74, 6) is 1.77. The molecule has 2 aromatic heterocycles. The minimum atomic E-state index is -0.0317. The first-order valence-electron chi connectivity index (χ1n) is 7.01. The predicted octanol–water partition coefficient (Wildman–Crippen LogP) is 1.70. The normalized spacial score (nSPS) is 15.2. The Morgan fingerprint density at radius 3 is 3.00 bits per heavy atom. The van der Waals surface area contributed by atoms with E-state index < -0.39 is 0 Å². The van der Waals surface area contributed by atoms with E-state index in [2.05, 4.69) is 9.55 Å². The van der Waals surface area contributed by atoms with E-state index in [1.54, 1.807) is 19.2 Å². The van der Waals surface area contributed by atoms with Crippen molar-refractivity contribution in [3.63, 3.8) is 0 Å². The number of ether oxygens (including phenoxy) is 1. The first kappa shape index (κ1) is 13.9. The van der Waals surface area contributed by atoms with Crippen molar-refractivity contribution in [2.45, 2.75) is 20.1 Å². The Balaban J connectivity index is 1.58. The second-order valence-electron chi connectivity index (χ2n) is 5.41. The third-order valence-corrected chi connectivity index (χ3v) is 3.83. The number of methoxy groups -OCH3 is 1. The van der Waals surface area contributed by atoms with Gasteiger partial charge < -0.3 is 18.6 Å². The molecule has 1 saturated heterocycles. The molecule has 6 nitrogen and oxygen atoms in total. The van der Waals surface area contributed by atoms with E-state index in [4.69, 9.17) is 9.15 Å². The number of imidazole rings is 1. The molecule has 112 valence electrons. The van der Waals surface area contributed by atoms with Crippen molar-refractivity contribution in [2.24, 2.45) is 5.92 Å². The molecule has 1 aliphatic heterocycles. The van der Waals surface area contributed by atoms with Crippen LogP contribution in [0.5, 0.6) is 0 Å². The monoisotopic (exact) mass is 289 g/mol. The first-order chi connectivity index (χ1) is 10.2. The summed E-state index contributed by atoms with van der Waals surface area (Å²) in [7, 11) is 1.67. The number of amides is 1. The van der Waals surface area contributed by atoms with Crippen LogP contribution >= 0.6 is 0 Å². The Morgan fingerprint density at radius 2 is 2.33 bits per heavy atom. The molecule has 1 fully saturated rings. The average molecular weight is 289 g/mol. The van der Waals surface area contributed by atoms with Gasteiger partial charge in [0, 0.05) is 44.6 Å². The molecule has 0 bridgehead atoms. The van der Waals surface area contributed by atoms with E-state index in [-0.39, 0.29) is 5.91 Å². The molecule has 0 aromatic carbocycles. The van der Waals surface area contributed by atoms with Crippen LogP contribution < -0.4 is 0 Å². The summed E-state index contributed by atoms with van der Waals surface area (Å²) in [5, 5.41) is 0. The third kappa shape index (κ3) is 2.71. The molecule has 0 unspecified atom stereocenters. The highest BCUT2D eigenvalue weighted by Crippen LogP contribution is 2.22. The quantitative estimate of drug-likeness (QED) is 0.840. The summed E-state index contributed by atoms with van der Waals surface area (Å²) in [4.78, 5) is 18.2. The Hall–Kier alpha value is -2.08. The van der Waals surface area contributed by atoms with Crippen molar-refractivity contribution in [3.8, 4) is 0 Å². The van der Waals surface area contributed by atoms with Crippen molar-refractivity contribution >= 4 is 5.91 Å². The Morgan fingerprint density at radius 1 is 1.52 bits per heavy atom. The number of aryl methyl sites for hydroxylation is 1. The maximum absolute atomic E-state index is 12.1. The van der Waals surface area contributed by atoms with Crippen molar-refractivity contribution < 1.29 is 13.9 Å². The Kier molecular flexibility index (Phi) is 3.79. The molecule has 0 spiro atoms. The lowest BCUT2D eigenvalue weighted by atomic mass is 9.99. The van der Waals surface area contributed by atoms with Crippen LogP contribution in [-0.2, 0) is 17.9 Å². The van der Waals surface area contributed by atoms with Crippen molar-refractivity contribution in [2.75, 3.05) is 20.2 Å². The van der Waals surface area contributed by atoms with Gasteiger partial charge in [0.25, 0.3) is 5.91 Å². The minimum Gasteiger partial charge on any atom is -0.459 e. The van der Waals surface area contributed by atoms with Gasteiger partial charge in [-0.25, -0.2) is 4.98 Å². The van der Waals surface area contributed by atoms with E-state index in [1.807, 2.05) is 18.0 Å². The summed E-state index contributed by atoms with van der Waals surface area (Å²) in [5.41, 5.74) is 1.12. The van der Waals surface area contributed by atoms with E-state index >= 15 is 0 Å². The van der Waals surface area contributed by atoms with Crippen LogP contribution in [0, 0.1) is 12.8 Å². The fourth-order valence-corrected chi connectivity index (χ4v) is 2.67. The third-order valence-electron chi connectivity index (χ3n) is 3.83. The van der Waals surface area contributed by atoms with Gasteiger partial charge in [-0.05, 0) is 19.1 Å². The first-order valence-corrected chi connectivity index (χ1v) is 7.01. The smallest absolute Gasteiger partial charge is 0.289 e. The fraction of sp³-hybridized carbons (Fsp3) is 0.467. The highest BCUT2D eigenvalue weighted by molar-refractivity contribution is 5.91. The molecule has 0 N–H and O–H groups in total. The highest BCUT2D eigenvalue weighted by atomic mass is 16.5.